The van der Waals surface area contributed by atoms with Gasteiger partial charge in [-0.25, -0.2) is 0 Å². The monoisotopic (exact) mass is 478 g/mol. The van der Waals surface area contributed by atoms with E-state index < -0.39 is 34.8 Å². The molecule has 2 heterocycles. The van der Waals surface area contributed by atoms with Crippen LogP contribution in [0.4, 0.5) is 17.6 Å². The molecule has 10 heteroatoms. The Morgan fingerprint density at radius 2 is 0.971 bits per heavy atom. The second-order valence-electron chi connectivity index (χ2n) is 7.60. The van der Waals surface area contributed by atoms with Crippen LogP contribution < -0.4 is 18.9 Å². The highest BCUT2D eigenvalue weighted by Gasteiger charge is 2.29. The molecule has 3 aromatic carbocycles. The molecule has 34 heavy (non-hydrogen) atoms. The first-order chi connectivity index (χ1) is 16.5. The van der Waals surface area contributed by atoms with Crippen molar-refractivity contribution in [3.63, 3.8) is 0 Å². The van der Waals surface area contributed by atoms with Crippen LogP contribution in [0.5, 0.6) is 34.5 Å². The topological polar surface area (TPSA) is 62.0 Å². The summed E-state index contributed by atoms with van der Waals surface area (Å²) in [5.74, 6) is -8.95. The summed E-state index contributed by atoms with van der Waals surface area (Å²) in [5, 5.41) is 0. The predicted octanol–water partition coefficient (Wildman–Crippen LogP) is 5.38. The lowest BCUT2D eigenvalue weighted by molar-refractivity contribution is 0.261. The van der Waals surface area contributed by atoms with E-state index in [-0.39, 0.29) is 23.7 Å². The first kappa shape index (κ1) is 22.3. The quantitative estimate of drug-likeness (QED) is 0.222. The number of ether oxygens (including phenoxy) is 6. The number of epoxide rings is 2. The van der Waals surface area contributed by atoms with Gasteiger partial charge in [-0.1, -0.05) is 12.1 Å². The average molecular weight is 478 g/mol. The molecule has 2 saturated heterocycles. The van der Waals surface area contributed by atoms with Crippen molar-refractivity contribution in [1.29, 1.82) is 0 Å². The fraction of sp³-hybridized carbons (Fsp3) is 0.250. The second-order valence-corrected chi connectivity index (χ2v) is 7.60. The average Bonchev–Trinajstić information content (AvgIpc) is 3.76. The number of hydrogen-bond acceptors (Lipinski definition) is 6. The molecule has 0 unspecified atom stereocenters. The van der Waals surface area contributed by atoms with Crippen LogP contribution in [-0.2, 0) is 9.47 Å². The summed E-state index contributed by atoms with van der Waals surface area (Å²) < 4.78 is 90.0. The molecule has 0 N–H and O–H groups in total. The van der Waals surface area contributed by atoms with E-state index in [1.54, 1.807) is 12.1 Å². The summed E-state index contributed by atoms with van der Waals surface area (Å²) in [6.45, 7) is 1.77. The van der Waals surface area contributed by atoms with Crippen LogP contribution in [0.15, 0.2) is 48.5 Å². The smallest absolute Gasteiger partial charge is 0.208 e. The Bertz CT molecular complexity index is 1070. The number of halogens is 4. The highest BCUT2D eigenvalue weighted by atomic mass is 19.2. The third-order valence-corrected chi connectivity index (χ3v) is 4.91. The van der Waals surface area contributed by atoms with E-state index in [1.807, 2.05) is 0 Å². The molecule has 2 aliphatic heterocycles. The summed E-state index contributed by atoms with van der Waals surface area (Å²) in [6, 6.07) is 11.6. The Morgan fingerprint density at radius 1 is 0.618 bits per heavy atom. The maximum Gasteiger partial charge on any atom is 0.208 e. The fourth-order valence-corrected chi connectivity index (χ4v) is 2.97. The van der Waals surface area contributed by atoms with Crippen molar-refractivity contribution in [2.75, 3.05) is 26.4 Å². The standard InChI is InChI=1S/C24H18F4O6/c25-19-21(27)24(34-16-6-2-4-14(8-16)30-10-18-12-32-18)22(28)20(26)23(19)33-15-5-1-3-13(7-15)29-9-17-11-31-17/h1-8,17-18H,9-12H2/t17-,18-/m1/s1. The van der Waals surface area contributed by atoms with Gasteiger partial charge in [-0.15, -0.1) is 0 Å². The van der Waals surface area contributed by atoms with Crippen LogP contribution in [0.1, 0.15) is 0 Å². The highest BCUT2D eigenvalue weighted by Crippen LogP contribution is 2.39. The molecule has 0 spiro atoms. The number of benzene rings is 3. The third kappa shape index (κ3) is 5.18. The SMILES string of the molecule is Fc1c(F)c(Oc2cccc(OC[C@@H]3CO3)c2)c(F)c(F)c1Oc1cccc(OC[C@@H]2CO2)c1. The van der Waals surface area contributed by atoms with Crippen LogP contribution in [-0.4, -0.2) is 38.6 Å². The van der Waals surface area contributed by atoms with Crippen LogP contribution in [0.2, 0.25) is 0 Å². The summed E-state index contributed by atoms with van der Waals surface area (Å²) in [4.78, 5) is 0. The Labute approximate surface area is 191 Å². The van der Waals surface area contributed by atoms with Crippen molar-refractivity contribution in [2.24, 2.45) is 0 Å². The largest absolute Gasteiger partial charge is 0.491 e. The van der Waals surface area contributed by atoms with Gasteiger partial charge >= 0.3 is 0 Å². The summed E-state index contributed by atoms with van der Waals surface area (Å²) in [7, 11) is 0. The van der Waals surface area contributed by atoms with E-state index in [4.69, 9.17) is 28.4 Å². The van der Waals surface area contributed by atoms with Gasteiger partial charge in [0.1, 0.15) is 48.4 Å². The molecule has 178 valence electrons. The molecule has 6 nitrogen and oxygen atoms in total. The molecular weight excluding hydrogens is 460 g/mol. The molecule has 2 atom stereocenters. The highest BCUT2D eigenvalue weighted by molar-refractivity contribution is 5.44. The third-order valence-electron chi connectivity index (χ3n) is 4.91. The molecule has 3 aromatic rings. The molecule has 0 amide bonds. The van der Waals surface area contributed by atoms with Gasteiger partial charge < -0.3 is 28.4 Å². The van der Waals surface area contributed by atoms with Gasteiger partial charge in [0.15, 0.2) is 0 Å². The fourth-order valence-electron chi connectivity index (χ4n) is 2.97. The molecule has 2 fully saturated rings. The van der Waals surface area contributed by atoms with Crippen LogP contribution in [0, 0.1) is 23.3 Å². The van der Waals surface area contributed by atoms with Crippen molar-refractivity contribution < 1.29 is 46.0 Å². The van der Waals surface area contributed by atoms with E-state index in [9.17, 15) is 17.6 Å². The van der Waals surface area contributed by atoms with Gasteiger partial charge in [0.25, 0.3) is 0 Å². The Morgan fingerprint density at radius 3 is 1.32 bits per heavy atom. The van der Waals surface area contributed by atoms with Gasteiger partial charge in [0.05, 0.1) is 13.2 Å². The van der Waals surface area contributed by atoms with E-state index in [0.717, 1.165) is 0 Å². The first-order valence-corrected chi connectivity index (χ1v) is 10.4. The van der Waals surface area contributed by atoms with Crippen molar-refractivity contribution >= 4 is 0 Å². The lowest BCUT2D eigenvalue weighted by Gasteiger charge is -2.14. The minimum atomic E-state index is -1.75. The van der Waals surface area contributed by atoms with Crippen molar-refractivity contribution in [2.45, 2.75) is 12.2 Å². The molecule has 0 radical (unpaired) electrons. The zero-order chi connectivity index (χ0) is 23.7. The van der Waals surface area contributed by atoms with Crippen LogP contribution >= 0.6 is 0 Å². The number of rotatable bonds is 10. The van der Waals surface area contributed by atoms with Gasteiger partial charge in [-0.3, -0.25) is 0 Å². The van der Waals surface area contributed by atoms with Gasteiger partial charge in [-0.05, 0) is 24.3 Å². The predicted molar refractivity (Wildman–Crippen MR) is 110 cm³/mol. The zero-order valence-corrected chi connectivity index (χ0v) is 17.6. The number of hydrogen-bond donors (Lipinski definition) is 0. The maximum absolute atomic E-state index is 14.7. The molecule has 5 rings (SSSR count). The van der Waals surface area contributed by atoms with Crippen LogP contribution in [0.25, 0.3) is 0 Å². The van der Waals surface area contributed by atoms with Crippen molar-refractivity contribution in [1.82, 2.24) is 0 Å². The Kier molecular flexibility index (Phi) is 6.16. The maximum atomic E-state index is 14.7. The zero-order valence-electron chi connectivity index (χ0n) is 17.6. The van der Waals surface area contributed by atoms with Crippen LogP contribution in [0.3, 0.4) is 0 Å². The van der Waals surface area contributed by atoms with Gasteiger partial charge in [0.2, 0.25) is 34.8 Å². The van der Waals surface area contributed by atoms with Gasteiger partial charge in [0, 0.05) is 12.1 Å². The van der Waals surface area contributed by atoms with E-state index in [1.165, 1.54) is 36.4 Å². The van der Waals surface area contributed by atoms with E-state index >= 15 is 0 Å². The molecule has 2 aliphatic rings. The molecule has 0 aliphatic carbocycles. The first-order valence-electron chi connectivity index (χ1n) is 10.4. The summed E-state index contributed by atoms with van der Waals surface area (Å²) in [6.07, 6.45) is -0.00987. The molecular formula is C24H18F4O6. The van der Waals surface area contributed by atoms with E-state index in [0.29, 0.717) is 37.9 Å². The molecule has 0 aromatic heterocycles. The minimum Gasteiger partial charge on any atom is -0.491 e. The van der Waals surface area contributed by atoms with Crippen molar-refractivity contribution in [3.05, 3.63) is 71.8 Å². The van der Waals surface area contributed by atoms with E-state index in [2.05, 4.69) is 0 Å². The normalized spacial score (nSPS) is 18.4. The lowest BCUT2D eigenvalue weighted by Crippen LogP contribution is -2.05. The summed E-state index contributed by atoms with van der Waals surface area (Å²) >= 11 is 0. The van der Waals surface area contributed by atoms with Gasteiger partial charge in [-0.2, -0.15) is 17.6 Å². The summed E-state index contributed by atoms with van der Waals surface area (Å²) in [5.41, 5.74) is 0. The minimum absolute atomic E-state index is 0.00494. The molecule has 0 saturated carbocycles. The van der Waals surface area contributed by atoms with Crippen molar-refractivity contribution in [3.8, 4) is 34.5 Å². The second kappa shape index (κ2) is 9.40. The molecule has 0 bridgehead atoms. The lowest BCUT2D eigenvalue weighted by atomic mass is 10.2. The Balaban J connectivity index is 1.35. The Hall–Kier alpha value is -3.50.